The largest absolute Gasteiger partial charge is 0.493 e. The summed E-state index contributed by atoms with van der Waals surface area (Å²) in [5.41, 5.74) is 4.29. The number of ether oxygens (including phenoxy) is 2. The van der Waals surface area contributed by atoms with E-state index in [1.807, 2.05) is 48.5 Å². The average Bonchev–Trinajstić information content (AvgIpc) is 3.56. The van der Waals surface area contributed by atoms with Gasteiger partial charge in [0.05, 0.1) is 35.8 Å². The fourth-order valence-corrected chi connectivity index (χ4v) is 5.04. The minimum absolute atomic E-state index is 0.173. The quantitative estimate of drug-likeness (QED) is 0.283. The molecule has 0 spiro atoms. The molecule has 3 aromatic carbocycles. The van der Waals surface area contributed by atoms with Crippen LogP contribution in [0.5, 0.6) is 11.5 Å². The zero-order valence-electron chi connectivity index (χ0n) is 20.3. The number of carbonyl (C=O) groups is 1. The predicted octanol–water partition coefficient (Wildman–Crippen LogP) is 6.08. The van der Waals surface area contributed by atoms with Gasteiger partial charge in [-0.25, -0.2) is 18.9 Å². The van der Waals surface area contributed by atoms with E-state index in [1.165, 1.54) is 23.5 Å². The Labute approximate surface area is 220 Å². The fraction of sp³-hybridized carbons (Fsp3) is 0.0714. The highest BCUT2D eigenvalue weighted by Gasteiger charge is 2.19. The van der Waals surface area contributed by atoms with Gasteiger partial charge in [-0.3, -0.25) is 10.1 Å². The second-order valence-corrected chi connectivity index (χ2v) is 9.38. The standard InChI is InChI=1S/C28H20FN5O3S/c1-36-23-11-8-17(12-24(23)37-2)22-14-21(27(35)32-28-31-19-10-9-18(29)13-25(19)38-28)30-26-15-20(33-34(22)26)16-6-4-3-5-7-16/h3-15H,1-2H3,(H,31,32,35). The summed E-state index contributed by atoms with van der Waals surface area (Å²) in [5, 5.41) is 7.93. The maximum Gasteiger partial charge on any atom is 0.276 e. The van der Waals surface area contributed by atoms with Crippen molar-refractivity contribution < 1.29 is 18.7 Å². The molecule has 0 aliphatic carbocycles. The van der Waals surface area contributed by atoms with Gasteiger partial charge in [0.1, 0.15) is 11.5 Å². The molecule has 6 aromatic rings. The summed E-state index contributed by atoms with van der Waals surface area (Å²) >= 11 is 1.19. The number of carbonyl (C=O) groups excluding carboxylic acids is 1. The van der Waals surface area contributed by atoms with Gasteiger partial charge in [0.2, 0.25) is 0 Å². The average molecular weight is 526 g/mol. The van der Waals surface area contributed by atoms with Crippen LogP contribution in [0.3, 0.4) is 0 Å². The Balaban J connectivity index is 1.46. The summed E-state index contributed by atoms with van der Waals surface area (Å²) < 4.78 is 26.8. The number of benzene rings is 3. The van der Waals surface area contributed by atoms with Crippen molar-refractivity contribution in [3.63, 3.8) is 0 Å². The molecule has 0 radical (unpaired) electrons. The molecule has 6 rings (SSSR count). The molecule has 0 saturated carbocycles. The highest BCUT2D eigenvalue weighted by atomic mass is 32.1. The molecule has 0 aliphatic rings. The van der Waals surface area contributed by atoms with Crippen molar-refractivity contribution in [2.45, 2.75) is 0 Å². The van der Waals surface area contributed by atoms with E-state index in [-0.39, 0.29) is 11.5 Å². The second kappa shape index (κ2) is 9.56. The number of fused-ring (bicyclic) bond motifs is 2. The summed E-state index contributed by atoms with van der Waals surface area (Å²) in [7, 11) is 3.13. The van der Waals surface area contributed by atoms with Gasteiger partial charge in [0, 0.05) is 17.2 Å². The number of nitrogens with one attached hydrogen (secondary N) is 1. The molecular formula is C28H20FN5O3S. The van der Waals surface area contributed by atoms with Crippen LogP contribution in [0.2, 0.25) is 0 Å². The summed E-state index contributed by atoms with van der Waals surface area (Å²) in [6, 6.07) is 23.0. The van der Waals surface area contributed by atoms with Crippen LogP contribution in [-0.4, -0.2) is 39.7 Å². The number of amides is 1. The first-order chi connectivity index (χ1) is 18.5. The number of nitrogens with zero attached hydrogens (tertiary/aromatic N) is 4. The third-order valence-electron chi connectivity index (χ3n) is 5.98. The number of halogens is 1. The Hall–Kier alpha value is -4.83. The first-order valence-corrected chi connectivity index (χ1v) is 12.4. The third-order valence-corrected chi connectivity index (χ3v) is 6.91. The number of anilines is 1. The molecule has 1 amide bonds. The van der Waals surface area contributed by atoms with Crippen molar-refractivity contribution in [3.05, 3.63) is 90.4 Å². The Morgan fingerprint density at radius 2 is 1.71 bits per heavy atom. The highest BCUT2D eigenvalue weighted by molar-refractivity contribution is 7.22. The number of aromatic nitrogens is 4. The van der Waals surface area contributed by atoms with Crippen LogP contribution >= 0.6 is 11.3 Å². The van der Waals surface area contributed by atoms with Crippen LogP contribution in [0.4, 0.5) is 9.52 Å². The summed E-state index contributed by atoms with van der Waals surface area (Å²) in [6.07, 6.45) is 0. The highest BCUT2D eigenvalue weighted by Crippen LogP contribution is 2.34. The minimum Gasteiger partial charge on any atom is -0.493 e. The zero-order valence-corrected chi connectivity index (χ0v) is 21.1. The Bertz CT molecular complexity index is 1820. The lowest BCUT2D eigenvalue weighted by Crippen LogP contribution is -2.15. The van der Waals surface area contributed by atoms with Crippen molar-refractivity contribution in [2.75, 3.05) is 19.5 Å². The van der Waals surface area contributed by atoms with E-state index < -0.39 is 5.91 Å². The molecule has 0 bridgehead atoms. The lowest BCUT2D eigenvalue weighted by Gasteiger charge is -2.12. The summed E-state index contributed by atoms with van der Waals surface area (Å²) in [5.74, 6) is 0.312. The summed E-state index contributed by atoms with van der Waals surface area (Å²) in [4.78, 5) is 22.3. The van der Waals surface area contributed by atoms with Gasteiger partial charge < -0.3 is 9.47 Å². The number of hydrogen-bond donors (Lipinski definition) is 1. The molecule has 0 fully saturated rings. The maximum absolute atomic E-state index is 13.6. The lowest BCUT2D eigenvalue weighted by atomic mass is 10.1. The lowest BCUT2D eigenvalue weighted by molar-refractivity contribution is 0.102. The van der Waals surface area contributed by atoms with E-state index in [1.54, 1.807) is 36.9 Å². The Kier molecular flexibility index (Phi) is 5.93. The maximum atomic E-state index is 13.6. The van der Waals surface area contributed by atoms with Crippen LogP contribution in [0, 0.1) is 5.82 Å². The van der Waals surface area contributed by atoms with Crippen molar-refractivity contribution in [1.29, 1.82) is 0 Å². The zero-order chi connectivity index (χ0) is 26.2. The van der Waals surface area contributed by atoms with Crippen LogP contribution in [0.15, 0.2) is 78.9 Å². The van der Waals surface area contributed by atoms with E-state index >= 15 is 0 Å². The van der Waals surface area contributed by atoms with Crippen LogP contribution in [-0.2, 0) is 0 Å². The normalized spacial score (nSPS) is 11.1. The van der Waals surface area contributed by atoms with Gasteiger partial charge in [-0.05, 0) is 42.5 Å². The van der Waals surface area contributed by atoms with Crippen molar-refractivity contribution in [1.82, 2.24) is 19.6 Å². The Morgan fingerprint density at radius 1 is 0.895 bits per heavy atom. The number of hydrogen-bond acceptors (Lipinski definition) is 7. The smallest absolute Gasteiger partial charge is 0.276 e. The number of thiazole rings is 1. The molecule has 3 heterocycles. The topological polar surface area (TPSA) is 90.6 Å². The molecule has 0 aliphatic heterocycles. The van der Waals surface area contributed by atoms with Gasteiger partial charge in [0.25, 0.3) is 5.91 Å². The van der Waals surface area contributed by atoms with Gasteiger partial charge in [-0.15, -0.1) is 0 Å². The van der Waals surface area contributed by atoms with Crippen LogP contribution in [0.25, 0.3) is 38.4 Å². The monoisotopic (exact) mass is 525 g/mol. The van der Waals surface area contributed by atoms with Gasteiger partial charge in [-0.2, -0.15) is 5.10 Å². The van der Waals surface area contributed by atoms with E-state index in [0.717, 1.165) is 11.1 Å². The van der Waals surface area contributed by atoms with E-state index in [0.29, 0.717) is 43.9 Å². The van der Waals surface area contributed by atoms with Gasteiger partial charge >= 0.3 is 0 Å². The van der Waals surface area contributed by atoms with Gasteiger partial charge in [-0.1, -0.05) is 41.7 Å². The van der Waals surface area contributed by atoms with Crippen LogP contribution in [0.1, 0.15) is 10.5 Å². The van der Waals surface area contributed by atoms with Gasteiger partial charge in [0.15, 0.2) is 22.3 Å². The molecule has 8 nitrogen and oxygen atoms in total. The molecule has 38 heavy (non-hydrogen) atoms. The number of rotatable bonds is 6. The molecule has 0 unspecified atom stereocenters. The molecular weight excluding hydrogens is 505 g/mol. The number of methoxy groups -OCH3 is 2. The second-order valence-electron chi connectivity index (χ2n) is 8.35. The van der Waals surface area contributed by atoms with Crippen molar-refractivity contribution in [3.8, 4) is 34.0 Å². The SMILES string of the molecule is COc1ccc(-c2cc(C(=O)Nc3nc4ccc(F)cc4s3)nc3cc(-c4ccccc4)nn23)cc1OC. The first kappa shape index (κ1) is 23.6. The minimum atomic E-state index is -0.448. The molecule has 1 N–H and O–H groups in total. The Morgan fingerprint density at radius 3 is 2.50 bits per heavy atom. The van der Waals surface area contributed by atoms with E-state index in [2.05, 4.69) is 15.3 Å². The van der Waals surface area contributed by atoms with E-state index in [9.17, 15) is 9.18 Å². The first-order valence-electron chi connectivity index (χ1n) is 11.6. The molecule has 10 heteroatoms. The molecule has 0 saturated heterocycles. The van der Waals surface area contributed by atoms with Crippen molar-refractivity contribution >= 4 is 38.2 Å². The van der Waals surface area contributed by atoms with E-state index in [4.69, 9.17) is 14.6 Å². The fourth-order valence-electron chi connectivity index (χ4n) is 4.16. The summed E-state index contributed by atoms with van der Waals surface area (Å²) in [6.45, 7) is 0. The molecule has 188 valence electrons. The van der Waals surface area contributed by atoms with Crippen LogP contribution < -0.4 is 14.8 Å². The predicted molar refractivity (Wildman–Crippen MR) is 144 cm³/mol. The third kappa shape index (κ3) is 4.31. The van der Waals surface area contributed by atoms with Crippen molar-refractivity contribution in [2.24, 2.45) is 0 Å². The molecule has 3 aromatic heterocycles. The molecule has 0 atom stereocenters.